The third kappa shape index (κ3) is 2.74. The summed E-state index contributed by atoms with van der Waals surface area (Å²) in [5.74, 6) is -0.173. The van der Waals surface area contributed by atoms with E-state index >= 15 is 0 Å². The number of benzene rings is 1. The van der Waals surface area contributed by atoms with Crippen LogP contribution in [0.15, 0.2) is 24.3 Å². The van der Waals surface area contributed by atoms with Crippen molar-refractivity contribution in [2.24, 2.45) is 5.92 Å². The summed E-state index contributed by atoms with van der Waals surface area (Å²) in [5.41, 5.74) is 1.58. The maximum absolute atomic E-state index is 12.0. The molecule has 0 saturated heterocycles. The van der Waals surface area contributed by atoms with Crippen molar-refractivity contribution in [1.82, 2.24) is 0 Å². The van der Waals surface area contributed by atoms with Crippen molar-refractivity contribution in [3.63, 3.8) is 0 Å². The van der Waals surface area contributed by atoms with Gasteiger partial charge in [0.15, 0.2) is 0 Å². The maximum atomic E-state index is 12.0. The maximum Gasteiger partial charge on any atom is 0.314 e. The van der Waals surface area contributed by atoms with Crippen LogP contribution in [0.5, 0.6) is 0 Å². The van der Waals surface area contributed by atoms with Crippen LogP contribution >= 0.6 is 0 Å². The summed E-state index contributed by atoms with van der Waals surface area (Å²) >= 11 is 0. The SMILES string of the molecule is C[C@@H]1CCC[C@](C(=O)O)(c2cccc(C(C)(C)C)c2)C1. The molecule has 2 heteroatoms. The molecule has 1 aromatic rings. The number of carbonyl (C=O) groups is 1. The molecule has 1 N–H and O–H groups in total. The fourth-order valence-corrected chi connectivity index (χ4v) is 3.41. The van der Waals surface area contributed by atoms with E-state index in [4.69, 9.17) is 0 Å². The Balaban J connectivity index is 2.48. The van der Waals surface area contributed by atoms with Gasteiger partial charge in [-0.25, -0.2) is 0 Å². The Kier molecular flexibility index (Phi) is 3.95. The third-order valence-corrected chi connectivity index (χ3v) is 4.69. The summed E-state index contributed by atoms with van der Waals surface area (Å²) in [6, 6.07) is 8.23. The van der Waals surface area contributed by atoms with E-state index in [2.05, 4.69) is 39.8 Å². The van der Waals surface area contributed by atoms with Crippen molar-refractivity contribution in [2.75, 3.05) is 0 Å². The van der Waals surface area contributed by atoms with Crippen LogP contribution in [0.2, 0.25) is 0 Å². The highest BCUT2D eigenvalue weighted by atomic mass is 16.4. The highest BCUT2D eigenvalue weighted by molar-refractivity contribution is 5.81. The zero-order valence-electron chi connectivity index (χ0n) is 13.1. The van der Waals surface area contributed by atoms with Gasteiger partial charge in [-0.15, -0.1) is 0 Å². The first-order chi connectivity index (χ1) is 9.25. The summed E-state index contributed by atoms with van der Waals surface area (Å²) < 4.78 is 0. The lowest BCUT2D eigenvalue weighted by atomic mass is 9.65. The lowest BCUT2D eigenvalue weighted by molar-refractivity contribution is -0.146. The Morgan fingerprint density at radius 1 is 1.35 bits per heavy atom. The average molecular weight is 274 g/mol. The van der Waals surface area contributed by atoms with Crippen LogP contribution in [-0.4, -0.2) is 11.1 Å². The number of carboxylic acid groups (broad SMARTS) is 1. The number of aliphatic carboxylic acids is 1. The standard InChI is InChI=1S/C18H26O2/c1-13-7-6-10-18(12-13,16(19)20)15-9-5-8-14(11-15)17(2,3)4/h5,8-9,11,13H,6-7,10,12H2,1-4H3,(H,19,20)/t13-,18-/m1/s1. The molecule has 0 bridgehead atoms. The average Bonchev–Trinajstić information content (AvgIpc) is 2.37. The Bertz CT molecular complexity index is 498. The Morgan fingerprint density at radius 3 is 2.60 bits per heavy atom. The molecule has 0 aromatic heterocycles. The third-order valence-electron chi connectivity index (χ3n) is 4.69. The van der Waals surface area contributed by atoms with Crippen LogP contribution in [0.25, 0.3) is 0 Å². The minimum absolute atomic E-state index is 0.0516. The number of hydrogen-bond donors (Lipinski definition) is 1. The lowest BCUT2D eigenvalue weighted by Gasteiger charge is -2.37. The van der Waals surface area contributed by atoms with E-state index < -0.39 is 11.4 Å². The van der Waals surface area contributed by atoms with E-state index in [-0.39, 0.29) is 5.41 Å². The van der Waals surface area contributed by atoms with Gasteiger partial charge in [0.05, 0.1) is 5.41 Å². The van der Waals surface area contributed by atoms with Crippen molar-refractivity contribution in [3.8, 4) is 0 Å². The molecule has 2 nitrogen and oxygen atoms in total. The van der Waals surface area contributed by atoms with Gasteiger partial charge in [0, 0.05) is 0 Å². The molecular weight excluding hydrogens is 248 g/mol. The first kappa shape index (κ1) is 15.1. The fraction of sp³-hybridized carbons (Fsp3) is 0.611. The predicted octanol–water partition coefficient (Wildman–Crippen LogP) is 4.52. The lowest BCUT2D eigenvalue weighted by Crippen LogP contribution is -2.40. The van der Waals surface area contributed by atoms with Gasteiger partial charge in [-0.05, 0) is 35.3 Å². The van der Waals surface area contributed by atoms with Crippen LogP contribution in [0.3, 0.4) is 0 Å². The van der Waals surface area contributed by atoms with Crippen molar-refractivity contribution >= 4 is 5.97 Å². The van der Waals surface area contributed by atoms with Gasteiger partial charge in [0.1, 0.15) is 0 Å². The molecule has 2 rings (SSSR count). The summed E-state index contributed by atoms with van der Waals surface area (Å²) in [6.45, 7) is 8.68. The van der Waals surface area contributed by atoms with E-state index in [0.717, 1.165) is 31.2 Å². The number of carboxylic acids is 1. The molecule has 110 valence electrons. The molecule has 2 atom stereocenters. The van der Waals surface area contributed by atoms with Crippen LogP contribution in [-0.2, 0) is 15.6 Å². The van der Waals surface area contributed by atoms with Gasteiger partial charge in [-0.3, -0.25) is 4.79 Å². The van der Waals surface area contributed by atoms with Crippen molar-refractivity contribution in [3.05, 3.63) is 35.4 Å². The summed E-state index contributed by atoms with van der Waals surface area (Å²) in [7, 11) is 0. The Morgan fingerprint density at radius 2 is 2.05 bits per heavy atom. The summed E-state index contributed by atoms with van der Waals surface area (Å²) in [5, 5.41) is 9.85. The molecule has 1 saturated carbocycles. The Labute approximate surface area is 122 Å². The minimum atomic E-state index is -0.682. The smallest absolute Gasteiger partial charge is 0.314 e. The summed E-state index contributed by atoms with van der Waals surface area (Å²) in [4.78, 5) is 12.0. The quantitative estimate of drug-likeness (QED) is 0.861. The van der Waals surface area contributed by atoms with Crippen molar-refractivity contribution in [2.45, 2.75) is 64.2 Å². The molecule has 1 aliphatic carbocycles. The second kappa shape index (κ2) is 5.23. The van der Waals surface area contributed by atoms with Crippen molar-refractivity contribution < 1.29 is 9.90 Å². The summed E-state index contributed by atoms with van der Waals surface area (Å²) in [6.07, 6.45) is 3.68. The highest BCUT2D eigenvalue weighted by Gasteiger charge is 2.43. The normalized spacial score (nSPS) is 27.3. The molecule has 1 fully saturated rings. The van der Waals surface area contributed by atoms with E-state index in [1.54, 1.807) is 0 Å². The molecule has 0 aliphatic heterocycles. The first-order valence-electron chi connectivity index (χ1n) is 7.60. The molecule has 0 unspecified atom stereocenters. The van der Waals surface area contributed by atoms with E-state index in [1.807, 2.05) is 12.1 Å². The molecule has 20 heavy (non-hydrogen) atoms. The van der Waals surface area contributed by atoms with Gasteiger partial charge in [0.25, 0.3) is 0 Å². The topological polar surface area (TPSA) is 37.3 Å². The van der Waals surface area contributed by atoms with Crippen LogP contribution in [0.1, 0.15) is 64.5 Å². The van der Waals surface area contributed by atoms with Gasteiger partial charge in [0.2, 0.25) is 0 Å². The van der Waals surface area contributed by atoms with E-state index in [1.165, 1.54) is 5.56 Å². The molecule has 0 spiro atoms. The van der Waals surface area contributed by atoms with Gasteiger partial charge < -0.3 is 5.11 Å². The molecule has 0 heterocycles. The van der Waals surface area contributed by atoms with Gasteiger partial charge in [-0.2, -0.15) is 0 Å². The van der Waals surface area contributed by atoms with E-state index in [9.17, 15) is 9.90 Å². The fourth-order valence-electron chi connectivity index (χ4n) is 3.41. The second-order valence-electron chi connectivity index (χ2n) is 7.42. The number of hydrogen-bond acceptors (Lipinski definition) is 1. The van der Waals surface area contributed by atoms with E-state index in [0.29, 0.717) is 5.92 Å². The molecule has 0 radical (unpaired) electrons. The van der Waals surface area contributed by atoms with Gasteiger partial charge >= 0.3 is 5.97 Å². The molecule has 1 aromatic carbocycles. The molecular formula is C18H26O2. The molecule has 0 amide bonds. The second-order valence-corrected chi connectivity index (χ2v) is 7.42. The van der Waals surface area contributed by atoms with Crippen molar-refractivity contribution in [1.29, 1.82) is 0 Å². The largest absolute Gasteiger partial charge is 0.481 e. The number of rotatable bonds is 2. The van der Waals surface area contributed by atoms with Crippen LogP contribution < -0.4 is 0 Å². The molecule has 1 aliphatic rings. The zero-order chi connectivity index (χ0) is 15.0. The minimum Gasteiger partial charge on any atom is -0.481 e. The predicted molar refractivity (Wildman–Crippen MR) is 82.1 cm³/mol. The van der Waals surface area contributed by atoms with Crippen LogP contribution in [0, 0.1) is 5.92 Å². The Hall–Kier alpha value is -1.31. The first-order valence-corrected chi connectivity index (χ1v) is 7.60. The zero-order valence-corrected chi connectivity index (χ0v) is 13.1. The van der Waals surface area contributed by atoms with Gasteiger partial charge in [-0.1, -0.05) is 64.8 Å². The monoisotopic (exact) mass is 274 g/mol. The highest BCUT2D eigenvalue weighted by Crippen LogP contribution is 2.43. The van der Waals surface area contributed by atoms with Crippen LogP contribution in [0.4, 0.5) is 0 Å².